The highest BCUT2D eigenvalue weighted by molar-refractivity contribution is 7.89. The van der Waals surface area contributed by atoms with E-state index in [1.54, 1.807) is 36.4 Å². The van der Waals surface area contributed by atoms with Crippen LogP contribution >= 0.6 is 11.3 Å². The smallest absolute Gasteiger partial charge is 0.240 e. The van der Waals surface area contributed by atoms with Crippen molar-refractivity contribution in [3.63, 3.8) is 0 Å². The second-order valence-corrected chi connectivity index (χ2v) is 9.11. The van der Waals surface area contributed by atoms with E-state index in [-0.39, 0.29) is 23.0 Å². The number of hydrogen-bond acceptors (Lipinski definition) is 6. The first-order valence-electron chi connectivity index (χ1n) is 8.80. The van der Waals surface area contributed by atoms with Gasteiger partial charge in [0.1, 0.15) is 5.75 Å². The number of benzene rings is 1. The van der Waals surface area contributed by atoms with Crippen LogP contribution in [0.1, 0.15) is 39.2 Å². The number of furan rings is 1. The standard InChI is InChI=1S/C20H21NO5S2/c1-3-10-25-17-8-7-16(12-14(17)2)28(23,24)21-13-15-6-9-19(27-15)20(22)18-5-4-11-26-18/h4-9,11-12,21H,3,10,13H2,1-2H3. The molecule has 0 radical (unpaired) electrons. The Morgan fingerprint density at radius 2 is 2.04 bits per heavy atom. The van der Waals surface area contributed by atoms with Crippen molar-refractivity contribution in [1.82, 2.24) is 4.72 Å². The van der Waals surface area contributed by atoms with Crippen molar-refractivity contribution >= 4 is 27.1 Å². The highest BCUT2D eigenvalue weighted by atomic mass is 32.2. The van der Waals surface area contributed by atoms with Crippen molar-refractivity contribution in [3.8, 4) is 5.75 Å². The molecule has 28 heavy (non-hydrogen) atoms. The maximum absolute atomic E-state index is 12.6. The minimum atomic E-state index is -3.67. The van der Waals surface area contributed by atoms with Gasteiger partial charge in [0.25, 0.3) is 0 Å². The lowest BCUT2D eigenvalue weighted by Gasteiger charge is -2.11. The fourth-order valence-electron chi connectivity index (χ4n) is 2.54. The molecule has 0 aliphatic rings. The minimum absolute atomic E-state index is 0.103. The average molecular weight is 420 g/mol. The van der Waals surface area contributed by atoms with Gasteiger partial charge < -0.3 is 9.15 Å². The van der Waals surface area contributed by atoms with E-state index in [9.17, 15) is 13.2 Å². The molecule has 0 fully saturated rings. The van der Waals surface area contributed by atoms with Crippen LogP contribution in [0, 0.1) is 6.92 Å². The molecule has 0 aliphatic carbocycles. The second kappa shape index (κ2) is 8.72. The molecule has 6 nitrogen and oxygen atoms in total. The number of thiophene rings is 1. The zero-order valence-electron chi connectivity index (χ0n) is 15.6. The molecule has 0 saturated carbocycles. The summed E-state index contributed by atoms with van der Waals surface area (Å²) in [6.07, 6.45) is 2.32. The number of rotatable bonds is 9. The number of ether oxygens (including phenoxy) is 1. The Bertz CT molecular complexity index is 1050. The Morgan fingerprint density at radius 3 is 2.71 bits per heavy atom. The number of sulfonamides is 1. The van der Waals surface area contributed by atoms with Gasteiger partial charge in [-0.3, -0.25) is 4.79 Å². The van der Waals surface area contributed by atoms with Crippen LogP contribution in [0.25, 0.3) is 0 Å². The third kappa shape index (κ3) is 4.70. The normalized spacial score (nSPS) is 11.5. The van der Waals surface area contributed by atoms with Gasteiger partial charge in [-0.25, -0.2) is 13.1 Å². The quantitative estimate of drug-likeness (QED) is 0.527. The number of carbonyl (C=O) groups is 1. The maximum Gasteiger partial charge on any atom is 0.240 e. The summed E-state index contributed by atoms with van der Waals surface area (Å²) < 4.78 is 38.4. The zero-order valence-corrected chi connectivity index (χ0v) is 17.2. The molecule has 8 heteroatoms. The molecule has 1 N–H and O–H groups in total. The van der Waals surface area contributed by atoms with Gasteiger partial charge in [-0.2, -0.15) is 0 Å². The zero-order chi connectivity index (χ0) is 20.1. The van der Waals surface area contributed by atoms with Crippen molar-refractivity contribution in [2.24, 2.45) is 0 Å². The molecule has 0 unspecified atom stereocenters. The highest BCUT2D eigenvalue weighted by Crippen LogP contribution is 2.23. The lowest BCUT2D eigenvalue weighted by atomic mass is 10.2. The predicted molar refractivity (Wildman–Crippen MR) is 107 cm³/mol. The molecule has 0 atom stereocenters. The summed E-state index contributed by atoms with van der Waals surface area (Å²) in [4.78, 5) is 13.7. The minimum Gasteiger partial charge on any atom is -0.493 e. The third-order valence-electron chi connectivity index (χ3n) is 3.99. The van der Waals surface area contributed by atoms with Crippen LogP contribution in [0.15, 0.2) is 58.0 Å². The van der Waals surface area contributed by atoms with Crippen molar-refractivity contribution in [3.05, 3.63) is 69.8 Å². The topological polar surface area (TPSA) is 85.6 Å². The summed E-state index contributed by atoms with van der Waals surface area (Å²) in [5, 5.41) is 0. The van der Waals surface area contributed by atoms with Crippen LogP contribution in [0.4, 0.5) is 0 Å². The van der Waals surface area contributed by atoms with E-state index in [2.05, 4.69) is 4.72 Å². The molecule has 0 bridgehead atoms. The first kappa shape index (κ1) is 20.3. The predicted octanol–water partition coefficient (Wildman–Crippen LogP) is 4.15. The van der Waals surface area contributed by atoms with Gasteiger partial charge in [0.15, 0.2) is 5.76 Å². The van der Waals surface area contributed by atoms with Gasteiger partial charge in [0.2, 0.25) is 15.8 Å². The van der Waals surface area contributed by atoms with Crippen LogP contribution in [0.5, 0.6) is 5.75 Å². The average Bonchev–Trinajstić information content (AvgIpc) is 3.37. The summed E-state index contributed by atoms with van der Waals surface area (Å²) in [6.45, 7) is 4.51. The van der Waals surface area contributed by atoms with Gasteiger partial charge in [-0.05, 0) is 61.4 Å². The molecule has 2 aromatic heterocycles. The molecule has 0 aliphatic heterocycles. The maximum atomic E-state index is 12.6. The van der Waals surface area contributed by atoms with Crippen molar-refractivity contribution < 1.29 is 22.4 Å². The largest absolute Gasteiger partial charge is 0.493 e. The van der Waals surface area contributed by atoms with Gasteiger partial charge >= 0.3 is 0 Å². The molecule has 0 amide bonds. The molecular weight excluding hydrogens is 398 g/mol. The molecule has 0 spiro atoms. The van der Waals surface area contributed by atoms with E-state index in [0.29, 0.717) is 17.2 Å². The van der Waals surface area contributed by atoms with Gasteiger partial charge in [-0.15, -0.1) is 11.3 Å². The van der Waals surface area contributed by atoms with Crippen LogP contribution < -0.4 is 9.46 Å². The molecule has 2 heterocycles. The Hall–Kier alpha value is -2.42. The molecule has 148 valence electrons. The van der Waals surface area contributed by atoms with Crippen LogP contribution in [-0.4, -0.2) is 20.8 Å². The lowest BCUT2D eigenvalue weighted by molar-refractivity contribution is 0.101. The fraction of sp³-hybridized carbons (Fsp3) is 0.250. The van der Waals surface area contributed by atoms with Crippen molar-refractivity contribution in [1.29, 1.82) is 0 Å². The number of hydrogen-bond donors (Lipinski definition) is 1. The van der Waals surface area contributed by atoms with Crippen LogP contribution in [0.2, 0.25) is 0 Å². The Kier molecular flexibility index (Phi) is 6.33. The first-order chi connectivity index (χ1) is 13.4. The van der Waals surface area contributed by atoms with E-state index >= 15 is 0 Å². The van der Waals surface area contributed by atoms with Crippen molar-refractivity contribution in [2.75, 3.05) is 6.61 Å². The number of nitrogens with one attached hydrogen (secondary N) is 1. The Labute approximate surface area is 168 Å². The molecule has 3 rings (SSSR count). The van der Waals surface area contributed by atoms with Gasteiger partial charge in [0.05, 0.1) is 22.6 Å². The lowest BCUT2D eigenvalue weighted by Crippen LogP contribution is -2.22. The Balaban J connectivity index is 1.67. The monoisotopic (exact) mass is 419 g/mol. The molecule has 1 aromatic carbocycles. The number of carbonyl (C=O) groups excluding carboxylic acids is 1. The summed E-state index contributed by atoms with van der Waals surface area (Å²) in [7, 11) is -3.67. The van der Waals surface area contributed by atoms with E-state index in [1.165, 1.54) is 23.7 Å². The highest BCUT2D eigenvalue weighted by Gasteiger charge is 2.18. The Morgan fingerprint density at radius 1 is 1.21 bits per heavy atom. The first-order valence-corrected chi connectivity index (χ1v) is 11.1. The van der Waals surface area contributed by atoms with Gasteiger partial charge in [0, 0.05) is 11.4 Å². The van der Waals surface area contributed by atoms with E-state index < -0.39 is 10.0 Å². The molecule has 0 saturated heterocycles. The SMILES string of the molecule is CCCOc1ccc(S(=O)(=O)NCc2ccc(C(=O)c3ccco3)s2)cc1C. The number of ketones is 1. The van der Waals surface area contributed by atoms with Crippen LogP contribution in [0.3, 0.4) is 0 Å². The van der Waals surface area contributed by atoms with Crippen molar-refractivity contribution in [2.45, 2.75) is 31.7 Å². The summed E-state index contributed by atoms with van der Waals surface area (Å²) >= 11 is 1.23. The molecule has 3 aromatic rings. The summed E-state index contributed by atoms with van der Waals surface area (Å²) in [5.41, 5.74) is 0.763. The van der Waals surface area contributed by atoms with Gasteiger partial charge in [-0.1, -0.05) is 6.92 Å². The second-order valence-electron chi connectivity index (χ2n) is 6.17. The third-order valence-corrected chi connectivity index (χ3v) is 6.47. The van der Waals surface area contributed by atoms with E-state index in [1.807, 2.05) is 13.8 Å². The summed E-state index contributed by atoms with van der Waals surface area (Å²) in [5.74, 6) is 0.720. The van der Waals surface area contributed by atoms with Crippen LogP contribution in [-0.2, 0) is 16.6 Å². The van der Waals surface area contributed by atoms with E-state index in [4.69, 9.17) is 9.15 Å². The fourth-order valence-corrected chi connectivity index (χ4v) is 4.61. The van der Waals surface area contributed by atoms with E-state index in [0.717, 1.165) is 16.9 Å². The number of aryl methyl sites for hydroxylation is 1. The summed E-state index contributed by atoms with van der Waals surface area (Å²) in [6, 6.07) is 11.4. The molecular formula is C20H21NO5S2.